The predicted molar refractivity (Wildman–Crippen MR) is 126 cm³/mol. The summed E-state index contributed by atoms with van der Waals surface area (Å²) in [7, 11) is -0.804. The van der Waals surface area contributed by atoms with Crippen LogP contribution in [-0.4, -0.2) is 8.11 Å². The van der Waals surface area contributed by atoms with Crippen molar-refractivity contribution < 1.29 is 0 Å². The highest BCUT2D eigenvalue weighted by Crippen LogP contribution is 2.40. The minimum Gasteiger partial charge on any atom is -0.192 e. The summed E-state index contributed by atoms with van der Waals surface area (Å²) in [5, 5.41) is 8.95. The third-order valence-electron chi connectivity index (χ3n) is 7.34. The second kappa shape index (κ2) is 9.96. The largest absolute Gasteiger partial charge is 0.192 e. The normalized spacial score (nSPS) is 27.3. The van der Waals surface area contributed by atoms with Gasteiger partial charge in [-0.15, -0.1) is 0 Å². The molecule has 0 bridgehead atoms. The minimum atomic E-state index is -0.804. The Morgan fingerprint density at radius 3 is 1.83 bits per heavy atom. The van der Waals surface area contributed by atoms with Gasteiger partial charge in [-0.1, -0.05) is 62.1 Å². The summed E-state index contributed by atoms with van der Waals surface area (Å²) in [4.78, 5) is 0. The molecule has 0 aromatic heterocycles. The molecule has 0 spiro atoms. The van der Waals surface area contributed by atoms with Crippen LogP contribution in [0.25, 0.3) is 11.1 Å². The third-order valence-corrected chi connectivity index (χ3v) is 10.6. The second-order valence-electron chi connectivity index (χ2n) is 9.22. The summed E-state index contributed by atoms with van der Waals surface area (Å²) in [5.74, 6) is 2.67. The third kappa shape index (κ3) is 5.53. The van der Waals surface area contributed by atoms with E-state index in [1.54, 1.807) is 0 Å². The highest BCUT2D eigenvalue weighted by molar-refractivity contribution is 7.07. The molecule has 0 amide bonds. The lowest BCUT2D eigenvalue weighted by atomic mass is 9.76. The van der Waals surface area contributed by atoms with E-state index in [4.69, 9.17) is 16.3 Å². The zero-order chi connectivity index (χ0) is 20.1. The maximum atomic E-state index is 8.95. The van der Waals surface area contributed by atoms with Gasteiger partial charge in [-0.25, -0.2) is 0 Å². The SMILES string of the molecule is N#Cc1ccc(-c2ccc([C@H]3CC[C@H](CCC4CC[SiH](Cl)CC4)CC3)cc2)cc1. The predicted octanol–water partition coefficient (Wildman–Crippen LogP) is 7.65. The average Bonchev–Trinajstić information content (AvgIpc) is 2.79. The van der Waals surface area contributed by atoms with Crippen LogP contribution in [-0.2, 0) is 0 Å². The van der Waals surface area contributed by atoms with E-state index in [2.05, 4.69) is 30.3 Å². The Kier molecular flexibility index (Phi) is 7.11. The van der Waals surface area contributed by atoms with Gasteiger partial charge in [0, 0.05) is 0 Å². The van der Waals surface area contributed by atoms with Crippen molar-refractivity contribution in [2.45, 2.75) is 69.4 Å². The number of hydrogen-bond donors (Lipinski definition) is 0. The van der Waals surface area contributed by atoms with Crippen LogP contribution in [0.15, 0.2) is 48.5 Å². The Morgan fingerprint density at radius 1 is 0.759 bits per heavy atom. The smallest absolute Gasteiger partial charge is 0.141 e. The fraction of sp³-hybridized carbons (Fsp3) is 0.500. The van der Waals surface area contributed by atoms with Gasteiger partial charge in [-0.3, -0.25) is 0 Å². The molecule has 0 radical (unpaired) electrons. The zero-order valence-electron chi connectivity index (χ0n) is 17.3. The molecule has 152 valence electrons. The van der Waals surface area contributed by atoms with Crippen LogP contribution in [0.3, 0.4) is 0 Å². The van der Waals surface area contributed by atoms with Gasteiger partial charge >= 0.3 is 0 Å². The standard InChI is InChI=1S/C26H32ClNSi/c27-29-17-15-21(16-18-29)2-1-20-3-7-23(8-4-20)25-11-13-26(14-12-25)24-9-5-22(19-28)6-10-24/h5-6,9-14,20-21,23,29H,1-4,7-8,15-18H2/t20-,21?,23-,29?. The molecule has 2 aliphatic rings. The lowest BCUT2D eigenvalue weighted by molar-refractivity contribution is 0.280. The molecule has 29 heavy (non-hydrogen) atoms. The van der Waals surface area contributed by atoms with Crippen molar-refractivity contribution in [1.29, 1.82) is 5.26 Å². The van der Waals surface area contributed by atoms with Gasteiger partial charge in [-0.2, -0.15) is 16.3 Å². The molecule has 0 atom stereocenters. The maximum Gasteiger partial charge on any atom is 0.141 e. The molecule has 2 fully saturated rings. The fourth-order valence-electron chi connectivity index (χ4n) is 5.35. The molecule has 1 saturated carbocycles. The fourth-order valence-corrected chi connectivity index (χ4v) is 8.06. The Labute approximate surface area is 182 Å². The van der Waals surface area contributed by atoms with Gasteiger partial charge in [0.25, 0.3) is 0 Å². The van der Waals surface area contributed by atoms with Crippen molar-refractivity contribution in [2.75, 3.05) is 0 Å². The highest BCUT2D eigenvalue weighted by atomic mass is 35.6. The Balaban J connectivity index is 1.25. The van der Waals surface area contributed by atoms with Crippen molar-refractivity contribution in [3.8, 4) is 17.2 Å². The molecular formula is C26H32ClNSi. The Bertz CT molecular complexity index is 807. The van der Waals surface area contributed by atoms with Crippen molar-refractivity contribution in [3.63, 3.8) is 0 Å². The van der Waals surface area contributed by atoms with E-state index < -0.39 is 8.11 Å². The molecule has 0 unspecified atom stereocenters. The van der Waals surface area contributed by atoms with E-state index in [0.29, 0.717) is 0 Å². The molecule has 1 nitrogen and oxygen atoms in total. The number of rotatable bonds is 5. The van der Waals surface area contributed by atoms with Crippen molar-refractivity contribution >= 4 is 19.2 Å². The number of nitriles is 1. The van der Waals surface area contributed by atoms with Gasteiger partial charge in [0.15, 0.2) is 0 Å². The van der Waals surface area contributed by atoms with E-state index in [1.165, 1.54) is 80.1 Å². The highest BCUT2D eigenvalue weighted by Gasteiger charge is 2.25. The topological polar surface area (TPSA) is 23.8 Å². The zero-order valence-corrected chi connectivity index (χ0v) is 19.2. The number of halogens is 1. The molecule has 1 heterocycles. The summed E-state index contributed by atoms with van der Waals surface area (Å²) < 4.78 is 0. The van der Waals surface area contributed by atoms with Crippen molar-refractivity contribution in [1.82, 2.24) is 0 Å². The number of benzene rings is 2. The summed E-state index contributed by atoms with van der Waals surface area (Å²) in [6.07, 6.45) is 11.2. The van der Waals surface area contributed by atoms with E-state index in [9.17, 15) is 0 Å². The van der Waals surface area contributed by atoms with Crippen molar-refractivity contribution in [3.05, 3.63) is 59.7 Å². The lowest BCUT2D eigenvalue weighted by Gasteiger charge is -2.31. The van der Waals surface area contributed by atoms with Gasteiger partial charge in [0.05, 0.1) is 11.6 Å². The first-order valence-electron chi connectivity index (χ1n) is 11.5. The second-order valence-corrected chi connectivity index (χ2v) is 13.4. The number of hydrogen-bond acceptors (Lipinski definition) is 1. The van der Waals surface area contributed by atoms with E-state index in [0.717, 1.165) is 23.3 Å². The molecule has 0 N–H and O–H groups in total. The van der Waals surface area contributed by atoms with Crippen LogP contribution in [0.4, 0.5) is 0 Å². The molecule has 3 heteroatoms. The summed E-state index contributed by atoms with van der Waals surface area (Å²) >= 11 is 6.39. The monoisotopic (exact) mass is 421 g/mol. The van der Waals surface area contributed by atoms with Gasteiger partial charge in [0.2, 0.25) is 0 Å². The van der Waals surface area contributed by atoms with Crippen LogP contribution in [0.1, 0.15) is 68.4 Å². The van der Waals surface area contributed by atoms with Gasteiger partial charge < -0.3 is 0 Å². The van der Waals surface area contributed by atoms with Crippen LogP contribution in [0.5, 0.6) is 0 Å². The first-order chi connectivity index (χ1) is 14.2. The lowest BCUT2D eigenvalue weighted by Crippen LogP contribution is -2.18. The average molecular weight is 422 g/mol. The van der Waals surface area contributed by atoms with Gasteiger partial charge in [0.1, 0.15) is 8.11 Å². The van der Waals surface area contributed by atoms with Crippen molar-refractivity contribution in [2.24, 2.45) is 11.8 Å². The molecule has 2 aromatic rings. The molecule has 1 aliphatic carbocycles. The minimum absolute atomic E-state index is 0.718. The van der Waals surface area contributed by atoms with Crippen LogP contribution < -0.4 is 0 Å². The van der Waals surface area contributed by atoms with E-state index >= 15 is 0 Å². The molecule has 2 aromatic carbocycles. The first-order valence-corrected chi connectivity index (χ1v) is 14.8. The number of nitrogens with zero attached hydrogens (tertiary/aromatic N) is 1. The molecular weight excluding hydrogens is 390 g/mol. The van der Waals surface area contributed by atoms with Crippen LogP contribution in [0.2, 0.25) is 12.1 Å². The Morgan fingerprint density at radius 2 is 1.28 bits per heavy atom. The summed E-state index contributed by atoms with van der Waals surface area (Å²) in [6.45, 7) is 0. The summed E-state index contributed by atoms with van der Waals surface area (Å²) in [6, 6.07) is 22.0. The molecule has 1 saturated heterocycles. The van der Waals surface area contributed by atoms with Gasteiger partial charge in [-0.05, 0) is 84.3 Å². The molecule has 1 aliphatic heterocycles. The van der Waals surface area contributed by atoms with E-state index in [-0.39, 0.29) is 0 Å². The quantitative estimate of drug-likeness (QED) is 0.359. The molecule has 4 rings (SSSR count). The van der Waals surface area contributed by atoms with Crippen LogP contribution in [0, 0.1) is 23.2 Å². The van der Waals surface area contributed by atoms with E-state index in [1.807, 2.05) is 24.3 Å². The van der Waals surface area contributed by atoms with Crippen LogP contribution >= 0.6 is 11.1 Å². The summed E-state index contributed by atoms with van der Waals surface area (Å²) in [5.41, 5.74) is 4.65. The Hall–Kier alpha value is -1.56. The first kappa shape index (κ1) is 20.7. The maximum absolute atomic E-state index is 8.95.